The summed E-state index contributed by atoms with van der Waals surface area (Å²) in [6.07, 6.45) is 3.18. The van der Waals surface area contributed by atoms with Gasteiger partial charge in [0.25, 0.3) is 0 Å². The quantitative estimate of drug-likeness (QED) is 0.589. The van der Waals surface area contributed by atoms with Crippen molar-refractivity contribution >= 4 is 18.0 Å². The van der Waals surface area contributed by atoms with Crippen LogP contribution in [0.5, 0.6) is 0 Å². The third kappa shape index (κ3) is 5.31. The van der Waals surface area contributed by atoms with Crippen molar-refractivity contribution in [3.05, 3.63) is 58.4 Å². The lowest BCUT2D eigenvalue weighted by Crippen LogP contribution is -2.44. The van der Waals surface area contributed by atoms with E-state index in [-0.39, 0.29) is 11.8 Å². The Morgan fingerprint density at radius 1 is 1.18 bits per heavy atom. The van der Waals surface area contributed by atoms with E-state index in [0.717, 1.165) is 17.0 Å². The Balaban J connectivity index is 2.13. The average molecular weight is 383 g/mol. The third-order valence-electron chi connectivity index (χ3n) is 4.71. The number of ether oxygens (including phenoxy) is 1. The zero-order valence-electron chi connectivity index (χ0n) is 17.4. The Hall–Kier alpha value is -2.89. The molecule has 6 nitrogen and oxygen atoms in total. The van der Waals surface area contributed by atoms with Crippen molar-refractivity contribution < 1.29 is 14.3 Å². The number of carbonyl (C=O) groups excluding carboxylic acids is 2. The van der Waals surface area contributed by atoms with Crippen molar-refractivity contribution in [3.8, 4) is 0 Å². The maximum absolute atomic E-state index is 12.3. The minimum absolute atomic E-state index is 0.0643. The molecule has 6 heteroatoms. The van der Waals surface area contributed by atoms with Gasteiger partial charge in [-0.25, -0.2) is 4.79 Å². The summed E-state index contributed by atoms with van der Waals surface area (Å²) in [7, 11) is 1.31. The molecule has 1 aromatic carbocycles. The molecule has 0 spiro atoms. The summed E-state index contributed by atoms with van der Waals surface area (Å²) < 4.78 is 6.69. The van der Waals surface area contributed by atoms with E-state index >= 15 is 0 Å². The molecule has 2 aromatic rings. The standard InChI is InChI=1S/C22H29N3O3/c1-14(2)21(22(27)28-6)23-20(26)12-11-19-16(4)24-25(17(19)5)13-18-9-7-15(3)8-10-18/h7-12,14,21H,13H2,1-6H3,(H,23,26)/b12-11+/t21-/m0/s1. The zero-order chi connectivity index (χ0) is 20.8. The second kappa shape index (κ2) is 9.35. The van der Waals surface area contributed by atoms with Gasteiger partial charge in [-0.3, -0.25) is 9.48 Å². The highest BCUT2D eigenvalue weighted by atomic mass is 16.5. The number of carbonyl (C=O) groups is 2. The second-order valence-corrected chi connectivity index (χ2v) is 7.31. The van der Waals surface area contributed by atoms with Crippen LogP contribution >= 0.6 is 0 Å². The lowest BCUT2D eigenvalue weighted by Gasteiger charge is -2.18. The van der Waals surface area contributed by atoms with Crippen LogP contribution in [-0.4, -0.2) is 34.8 Å². The van der Waals surface area contributed by atoms with Gasteiger partial charge in [0.15, 0.2) is 0 Å². The maximum Gasteiger partial charge on any atom is 0.328 e. The highest BCUT2D eigenvalue weighted by molar-refractivity contribution is 5.94. The number of nitrogens with zero attached hydrogens (tertiary/aromatic N) is 2. The molecule has 1 aromatic heterocycles. The van der Waals surface area contributed by atoms with E-state index in [2.05, 4.69) is 41.6 Å². The summed E-state index contributed by atoms with van der Waals surface area (Å²) in [6.45, 7) is 10.3. The first-order chi connectivity index (χ1) is 13.2. The van der Waals surface area contributed by atoms with Gasteiger partial charge in [-0.05, 0) is 38.3 Å². The van der Waals surface area contributed by atoms with Crippen LogP contribution in [0.2, 0.25) is 0 Å². The predicted molar refractivity (Wildman–Crippen MR) is 110 cm³/mol. The number of amides is 1. The summed E-state index contributed by atoms with van der Waals surface area (Å²) in [4.78, 5) is 24.1. The molecule has 0 aliphatic rings. The van der Waals surface area contributed by atoms with Gasteiger partial charge in [-0.1, -0.05) is 43.7 Å². The maximum atomic E-state index is 12.3. The molecule has 0 fully saturated rings. The van der Waals surface area contributed by atoms with Crippen molar-refractivity contribution in [1.82, 2.24) is 15.1 Å². The number of methoxy groups -OCH3 is 1. The topological polar surface area (TPSA) is 73.2 Å². The summed E-state index contributed by atoms with van der Waals surface area (Å²) in [5.41, 5.74) is 5.12. The Labute approximate surface area is 166 Å². The Kier molecular flexibility index (Phi) is 7.15. The Morgan fingerprint density at radius 3 is 2.39 bits per heavy atom. The number of nitrogens with one attached hydrogen (secondary N) is 1. The van der Waals surface area contributed by atoms with Gasteiger partial charge < -0.3 is 10.1 Å². The molecule has 1 atom stereocenters. The van der Waals surface area contributed by atoms with E-state index in [0.29, 0.717) is 6.54 Å². The molecule has 1 amide bonds. The van der Waals surface area contributed by atoms with Gasteiger partial charge in [0.05, 0.1) is 19.3 Å². The SMILES string of the molecule is COC(=O)[C@@H](NC(=O)/C=C/c1c(C)nn(Cc2ccc(C)cc2)c1C)C(C)C. The lowest BCUT2D eigenvalue weighted by molar-refractivity contribution is -0.145. The van der Waals surface area contributed by atoms with E-state index in [4.69, 9.17) is 4.74 Å². The fourth-order valence-electron chi connectivity index (χ4n) is 2.96. The van der Waals surface area contributed by atoms with Crippen LogP contribution in [0.3, 0.4) is 0 Å². The monoisotopic (exact) mass is 383 g/mol. The number of aromatic nitrogens is 2. The summed E-state index contributed by atoms with van der Waals surface area (Å²) in [5.74, 6) is -0.852. The van der Waals surface area contributed by atoms with E-state index in [1.165, 1.54) is 24.3 Å². The van der Waals surface area contributed by atoms with Crippen LogP contribution in [0.4, 0.5) is 0 Å². The molecule has 0 saturated carbocycles. The Morgan fingerprint density at radius 2 is 1.82 bits per heavy atom. The van der Waals surface area contributed by atoms with Gasteiger partial charge in [0.2, 0.25) is 5.91 Å². The predicted octanol–water partition coefficient (Wildman–Crippen LogP) is 3.18. The Bertz CT molecular complexity index is 864. The third-order valence-corrected chi connectivity index (χ3v) is 4.71. The van der Waals surface area contributed by atoms with E-state index in [9.17, 15) is 9.59 Å². The number of esters is 1. The smallest absolute Gasteiger partial charge is 0.328 e. The normalized spacial score (nSPS) is 12.4. The molecular formula is C22H29N3O3. The fourth-order valence-corrected chi connectivity index (χ4v) is 2.96. The molecule has 0 aliphatic carbocycles. The highest BCUT2D eigenvalue weighted by Gasteiger charge is 2.24. The van der Waals surface area contributed by atoms with Crippen LogP contribution in [0, 0.1) is 26.7 Å². The van der Waals surface area contributed by atoms with Crippen LogP contribution in [-0.2, 0) is 20.9 Å². The summed E-state index contributed by atoms with van der Waals surface area (Å²) >= 11 is 0. The molecule has 0 saturated heterocycles. The molecule has 28 heavy (non-hydrogen) atoms. The highest BCUT2D eigenvalue weighted by Crippen LogP contribution is 2.17. The number of rotatable bonds is 7. The van der Waals surface area contributed by atoms with Crippen molar-refractivity contribution in [2.45, 2.75) is 47.2 Å². The van der Waals surface area contributed by atoms with E-state index < -0.39 is 12.0 Å². The van der Waals surface area contributed by atoms with Crippen molar-refractivity contribution in [3.63, 3.8) is 0 Å². The largest absolute Gasteiger partial charge is 0.467 e. The summed E-state index contributed by atoms with van der Waals surface area (Å²) in [6, 6.07) is 7.67. The van der Waals surface area contributed by atoms with Crippen LogP contribution < -0.4 is 5.32 Å². The van der Waals surface area contributed by atoms with Gasteiger partial charge in [-0.15, -0.1) is 0 Å². The number of hydrogen-bond acceptors (Lipinski definition) is 4. The second-order valence-electron chi connectivity index (χ2n) is 7.31. The molecule has 0 bridgehead atoms. The molecule has 2 rings (SSSR count). The molecule has 150 valence electrons. The average Bonchev–Trinajstić information content (AvgIpc) is 2.92. The zero-order valence-corrected chi connectivity index (χ0v) is 17.4. The van der Waals surface area contributed by atoms with Crippen LogP contribution in [0.15, 0.2) is 30.3 Å². The van der Waals surface area contributed by atoms with Gasteiger partial charge in [0.1, 0.15) is 6.04 Å². The fraction of sp³-hybridized carbons (Fsp3) is 0.409. The minimum Gasteiger partial charge on any atom is -0.467 e. The molecule has 0 aliphatic heterocycles. The number of aryl methyl sites for hydroxylation is 2. The first kappa shape index (κ1) is 21.4. The number of hydrogen-bond donors (Lipinski definition) is 1. The van der Waals surface area contributed by atoms with Gasteiger partial charge in [0, 0.05) is 17.3 Å². The molecule has 0 radical (unpaired) electrons. The van der Waals surface area contributed by atoms with Gasteiger partial charge >= 0.3 is 5.97 Å². The molecule has 1 N–H and O–H groups in total. The van der Waals surface area contributed by atoms with Crippen LogP contribution in [0.25, 0.3) is 6.08 Å². The summed E-state index contributed by atoms with van der Waals surface area (Å²) in [5, 5.41) is 7.30. The van der Waals surface area contributed by atoms with Crippen LogP contribution in [0.1, 0.15) is 41.9 Å². The number of benzene rings is 1. The van der Waals surface area contributed by atoms with Crippen molar-refractivity contribution in [1.29, 1.82) is 0 Å². The molecule has 0 unspecified atom stereocenters. The molecular weight excluding hydrogens is 354 g/mol. The van der Waals surface area contributed by atoms with Gasteiger partial charge in [-0.2, -0.15) is 5.10 Å². The van der Waals surface area contributed by atoms with Crippen molar-refractivity contribution in [2.24, 2.45) is 5.92 Å². The minimum atomic E-state index is -0.673. The lowest BCUT2D eigenvalue weighted by atomic mass is 10.0. The van der Waals surface area contributed by atoms with Crippen molar-refractivity contribution in [2.75, 3.05) is 7.11 Å². The molecule has 1 heterocycles. The first-order valence-electron chi connectivity index (χ1n) is 9.39. The van der Waals surface area contributed by atoms with E-state index in [1.54, 1.807) is 6.08 Å². The first-order valence-corrected chi connectivity index (χ1v) is 9.39. The van der Waals surface area contributed by atoms with E-state index in [1.807, 2.05) is 32.4 Å².